The van der Waals surface area contributed by atoms with Crippen LogP contribution in [0.25, 0.3) is 0 Å². The Morgan fingerprint density at radius 2 is 2.36 bits per heavy atom. The fourth-order valence-corrected chi connectivity index (χ4v) is 0.731. The van der Waals surface area contributed by atoms with Crippen LogP contribution in [-0.2, 0) is 0 Å². The van der Waals surface area contributed by atoms with E-state index in [1.54, 1.807) is 19.1 Å². The minimum absolute atomic E-state index is 0.342. The summed E-state index contributed by atoms with van der Waals surface area (Å²) in [6, 6.07) is 6.42. The van der Waals surface area contributed by atoms with Gasteiger partial charge in [0, 0.05) is 0 Å². The molecule has 1 aromatic rings. The van der Waals surface area contributed by atoms with E-state index in [1.165, 1.54) is 6.07 Å². The first-order valence-corrected chi connectivity index (χ1v) is 3.26. The number of nitrogens with zero attached hydrogens (tertiary/aromatic N) is 2. The highest BCUT2D eigenvalue weighted by atomic mass is 19.1. The Kier molecular flexibility index (Phi) is 2.17. The molecule has 11 heavy (non-hydrogen) atoms. The summed E-state index contributed by atoms with van der Waals surface area (Å²) in [5.41, 5.74) is 0.479. The van der Waals surface area contributed by atoms with Crippen molar-refractivity contribution in [1.29, 1.82) is 5.26 Å². The van der Waals surface area contributed by atoms with Crippen molar-refractivity contribution < 1.29 is 4.39 Å². The molecule has 1 unspecified atom stereocenters. The Balaban J connectivity index is 2.98. The van der Waals surface area contributed by atoms with E-state index >= 15 is 0 Å². The Bertz CT molecular complexity index is 290. The molecule has 1 aromatic heterocycles. The van der Waals surface area contributed by atoms with E-state index in [0.717, 1.165) is 0 Å². The van der Waals surface area contributed by atoms with Crippen LogP contribution in [0.2, 0.25) is 0 Å². The van der Waals surface area contributed by atoms with E-state index < -0.39 is 5.95 Å². The minimum atomic E-state index is -0.537. The van der Waals surface area contributed by atoms with Crippen LogP contribution in [0, 0.1) is 17.3 Å². The third-order valence-corrected chi connectivity index (χ3v) is 1.37. The van der Waals surface area contributed by atoms with E-state index in [1.807, 2.05) is 6.07 Å². The summed E-state index contributed by atoms with van der Waals surface area (Å²) in [6.45, 7) is 1.68. The van der Waals surface area contributed by atoms with Gasteiger partial charge in [0.15, 0.2) is 0 Å². The number of aromatic nitrogens is 1. The number of hydrogen-bond donors (Lipinski definition) is 0. The SMILES string of the molecule is CC(C#N)c1cccc(F)n1. The zero-order chi connectivity index (χ0) is 8.27. The topological polar surface area (TPSA) is 36.7 Å². The van der Waals surface area contributed by atoms with Crippen molar-refractivity contribution >= 4 is 0 Å². The molecule has 0 radical (unpaired) electrons. The van der Waals surface area contributed by atoms with Gasteiger partial charge in [0.25, 0.3) is 0 Å². The molecule has 0 aliphatic heterocycles. The molecule has 2 nitrogen and oxygen atoms in total. The van der Waals surface area contributed by atoms with Gasteiger partial charge in [-0.05, 0) is 19.1 Å². The number of halogens is 1. The van der Waals surface area contributed by atoms with Gasteiger partial charge < -0.3 is 0 Å². The summed E-state index contributed by atoms with van der Waals surface area (Å²) in [5, 5.41) is 8.47. The molecule has 0 amide bonds. The molecule has 0 aliphatic carbocycles. The molecule has 0 saturated heterocycles. The quantitative estimate of drug-likeness (QED) is 0.573. The van der Waals surface area contributed by atoms with Gasteiger partial charge in [0.05, 0.1) is 17.7 Å². The molecule has 0 spiro atoms. The number of nitriles is 1. The molecular formula is C8H7FN2. The first-order chi connectivity index (χ1) is 5.24. The Hall–Kier alpha value is -1.43. The molecule has 0 bridgehead atoms. The lowest BCUT2D eigenvalue weighted by atomic mass is 10.1. The maximum Gasteiger partial charge on any atom is 0.213 e. The number of pyridine rings is 1. The maximum atomic E-state index is 12.4. The van der Waals surface area contributed by atoms with E-state index in [4.69, 9.17) is 5.26 Å². The normalized spacial score (nSPS) is 12.1. The second-order valence-electron chi connectivity index (χ2n) is 2.24. The molecule has 1 atom stereocenters. The molecule has 56 valence electrons. The van der Waals surface area contributed by atoms with Crippen molar-refractivity contribution in [1.82, 2.24) is 4.98 Å². The fourth-order valence-electron chi connectivity index (χ4n) is 0.731. The van der Waals surface area contributed by atoms with Crippen molar-refractivity contribution in [2.24, 2.45) is 0 Å². The first kappa shape index (κ1) is 7.67. The summed E-state index contributed by atoms with van der Waals surface area (Å²) >= 11 is 0. The second-order valence-corrected chi connectivity index (χ2v) is 2.24. The minimum Gasteiger partial charge on any atom is -0.223 e. The Labute approximate surface area is 64.3 Å². The molecule has 0 N–H and O–H groups in total. The predicted molar refractivity (Wildman–Crippen MR) is 38.2 cm³/mol. The summed E-state index contributed by atoms with van der Waals surface area (Å²) < 4.78 is 12.4. The maximum absolute atomic E-state index is 12.4. The van der Waals surface area contributed by atoms with Gasteiger partial charge in [-0.2, -0.15) is 9.65 Å². The van der Waals surface area contributed by atoms with E-state index in [-0.39, 0.29) is 5.92 Å². The van der Waals surface area contributed by atoms with Crippen LogP contribution in [0.4, 0.5) is 4.39 Å². The van der Waals surface area contributed by atoms with Crippen LogP contribution in [0.5, 0.6) is 0 Å². The van der Waals surface area contributed by atoms with Crippen LogP contribution in [0.15, 0.2) is 18.2 Å². The van der Waals surface area contributed by atoms with Crippen molar-refractivity contribution in [3.8, 4) is 6.07 Å². The third-order valence-electron chi connectivity index (χ3n) is 1.37. The summed E-state index contributed by atoms with van der Waals surface area (Å²) in [5.74, 6) is -0.879. The van der Waals surface area contributed by atoms with Crippen molar-refractivity contribution in [3.05, 3.63) is 29.8 Å². The molecule has 1 rings (SSSR count). The molecule has 0 saturated carbocycles. The summed E-state index contributed by atoms with van der Waals surface area (Å²) in [4.78, 5) is 3.55. The van der Waals surface area contributed by atoms with Crippen LogP contribution in [0.1, 0.15) is 18.5 Å². The average molecular weight is 150 g/mol. The van der Waals surface area contributed by atoms with Crippen LogP contribution in [0.3, 0.4) is 0 Å². The average Bonchev–Trinajstić information content (AvgIpc) is 2.03. The molecule has 3 heteroatoms. The predicted octanol–water partition coefficient (Wildman–Crippen LogP) is 1.85. The largest absolute Gasteiger partial charge is 0.223 e. The van der Waals surface area contributed by atoms with Crippen LogP contribution >= 0.6 is 0 Å². The fraction of sp³-hybridized carbons (Fsp3) is 0.250. The van der Waals surface area contributed by atoms with E-state index in [9.17, 15) is 4.39 Å². The van der Waals surface area contributed by atoms with Crippen LogP contribution < -0.4 is 0 Å². The van der Waals surface area contributed by atoms with Crippen LogP contribution in [-0.4, -0.2) is 4.98 Å². The van der Waals surface area contributed by atoms with Gasteiger partial charge >= 0.3 is 0 Å². The standard InChI is InChI=1S/C8H7FN2/c1-6(5-10)7-3-2-4-8(9)11-7/h2-4,6H,1H3. The van der Waals surface area contributed by atoms with E-state index in [2.05, 4.69) is 4.98 Å². The summed E-state index contributed by atoms with van der Waals surface area (Å²) in [7, 11) is 0. The molecule has 0 aliphatic rings. The Morgan fingerprint density at radius 1 is 1.64 bits per heavy atom. The molecule has 0 aromatic carbocycles. The van der Waals surface area contributed by atoms with Crippen molar-refractivity contribution in [3.63, 3.8) is 0 Å². The van der Waals surface area contributed by atoms with Gasteiger partial charge in [-0.25, -0.2) is 4.98 Å². The zero-order valence-electron chi connectivity index (χ0n) is 6.08. The lowest BCUT2D eigenvalue weighted by molar-refractivity contribution is 0.575. The van der Waals surface area contributed by atoms with Gasteiger partial charge in [-0.1, -0.05) is 6.07 Å². The lowest BCUT2D eigenvalue weighted by Gasteiger charge is -1.99. The van der Waals surface area contributed by atoms with Gasteiger partial charge in [0.2, 0.25) is 5.95 Å². The lowest BCUT2D eigenvalue weighted by Crippen LogP contribution is -1.95. The summed E-state index contributed by atoms with van der Waals surface area (Å²) in [6.07, 6.45) is 0. The van der Waals surface area contributed by atoms with Gasteiger partial charge in [-0.3, -0.25) is 0 Å². The van der Waals surface area contributed by atoms with Gasteiger partial charge in [0.1, 0.15) is 0 Å². The first-order valence-electron chi connectivity index (χ1n) is 3.26. The van der Waals surface area contributed by atoms with Gasteiger partial charge in [-0.15, -0.1) is 0 Å². The van der Waals surface area contributed by atoms with Crippen molar-refractivity contribution in [2.75, 3.05) is 0 Å². The highest BCUT2D eigenvalue weighted by Gasteiger charge is 2.04. The highest BCUT2D eigenvalue weighted by molar-refractivity contribution is 5.15. The van der Waals surface area contributed by atoms with E-state index in [0.29, 0.717) is 5.69 Å². The molecular weight excluding hydrogens is 143 g/mol. The number of rotatable bonds is 1. The zero-order valence-corrected chi connectivity index (χ0v) is 6.08. The second kappa shape index (κ2) is 3.11. The van der Waals surface area contributed by atoms with Crippen molar-refractivity contribution in [2.45, 2.75) is 12.8 Å². The smallest absolute Gasteiger partial charge is 0.213 e. The number of hydrogen-bond acceptors (Lipinski definition) is 2. The Morgan fingerprint density at radius 3 is 2.91 bits per heavy atom. The molecule has 0 fully saturated rings. The molecule has 1 heterocycles. The third kappa shape index (κ3) is 1.74. The monoisotopic (exact) mass is 150 g/mol. The highest BCUT2D eigenvalue weighted by Crippen LogP contribution is 2.10.